The number of carbonyl (C=O) groups excluding carboxylic acids is 1. The molecule has 0 radical (unpaired) electrons. The van der Waals surface area contributed by atoms with Crippen LogP contribution in [0.25, 0.3) is 10.8 Å². The number of para-hydroxylation sites is 1. The van der Waals surface area contributed by atoms with Crippen LogP contribution in [0.5, 0.6) is 5.75 Å². The SMILES string of the molecule is CCn1nc(C(=O)NCc2ccccc2OC)c2ccccc2c1=O. The molecule has 6 nitrogen and oxygen atoms in total. The van der Waals surface area contributed by atoms with E-state index in [-0.39, 0.29) is 17.2 Å². The fourth-order valence-corrected chi connectivity index (χ4v) is 2.73. The number of hydrogen-bond donors (Lipinski definition) is 1. The molecule has 0 fully saturated rings. The Morgan fingerprint density at radius 1 is 1.12 bits per heavy atom. The number of nitrogens with one attached hydrogen (secondary N) is 1. The van der Waals surface area contributed by atoms with Gasteiger partial charge in [-0.15, -0.1) is 0 Å². The molecule has 128 valence electrons. The van der Waals surface area contributed by atoms with Gasteiger partial charge >= 0.3 is 0 Å². The largest absolute Gasteiger partial charge is 0.496 e. The lowest BCUT2D eigenvalue weighted by atomic mass is 10.1. The minimum absolute atomic E-state index is 0.195. The molecular weight excluding hydrogens is 318 g/mol. The van der Waals surface area contributed by atoms with E-state index in [1.54, 1.807) is 31.4 Å². The molecular formula is C19H19N3O3. The lowest BCUT2D eigenvalue weighted by Crippen LogP contribution is -2.30. The van der Waals surface area contributed by atoms with Crippen LogP contribution in [0.1, 0.15) is 23.0 Å². The number of benzene rings is 2. The third-order valence-electron chi connectivity index (χ3n) is 4.01. The normalized spacial score (nSPS) is 10.6. The number of nitrogens with zero attached hydrogens (tertiary/aromatic N) is 2. The summed E-state index contributed by atoms with van der Waals surface area (Å²) in [5.74, 6) is 0.378. The first-order valence-electron chi connectivity index (χ1n) is 8.05. The molecule has 6 heteroatoms. The Hall–Kier alpha value is -3.15. The van der Waals surface area contributed by atoms with Gasteiger partial charge in [0.25, 0.3) is 11.5 Å². The highest BCUT2D eigenvalue weighted by Gasteiger charge is 2.16. The number of carbonyl (C=O) groups is 1. The quantitative estimate of drug-likeness (QED) is 0.776. The summed E-state index contributed by atoms with van der Waals surface area (Å²) in [6.07, 6.45) is 0. The van der Waals surface area contributed by atoms with E-state index in [2.05, 4.69) is 10.4 Å². The fourth-order valence-electron chi connectivity index (χ4n) is 2.73. The number of amides is 1. The van der Waals surface area contributed by atoms with Gasteiger partial charge in [-0.25, -0.2) is 4.68 Å². The number of aromatic nitrogens is 2. The van der Waals surface area contributed by atoms with E-state index < -0.39 is 0 Å². The molecule has 0 aliphatic heterocycles. The van der Waals surface area contributed by atoms with E-state index in [9.17, 15) is 9.59 Å². The van der Waals surface area contributed by atoms with Crippen molar-refractivity contribution in [3.8, 4) is 5.75 Å². The molecule has 3 rings (SSSR count). The summed E-state index contributed by atoms with van der Waals surface area (Å²) in [5, 5.41) is 8.13. The van der Waals surface area contributed by atoms with Crippen molar-refractivity contribution in [3.05, 3.63) is 70.1 Å². The zero-order valence-corrected chi connectivity index (χ0v) is 14.2. The van der Waals surface area contributed by atoms with Gasteiger partial charge in [-0.1, -0.05) is 36.4 Å². The fraction of sp³-hybridized carbons (Fsp3) is 0.211. The molecule has 0 atom stereocenters. The van der Waals surface area contributed by atoms with Gasteiger partial charge in [0.05, 0.1) is 12.5 Å². The summed E-state index contributed by atoms with van der Waals surface area (Å²) in [7, 11) is 1.59. The first-order chi connectivity index (χ1) is 12.2. The summed E-state index contributed by atoms with van der Waals surface area (Å²) >= 11 is 0. The molecule has 0 unspecified atom stereocenters. The van der Waals surface area contributed by atoms with Crippen molar-refractivity contribution in [3.63, 3.8) is 0 Å². The first-order valence-corrected chi connectivity index (χ1v) is 8.05. The van der Waals surface area contributed by atoms with E-state index in [1.807, 2.05) is 31.2 Å². The standard InChI is InChI=1S/C19H19N3O3/c1-3-22-19(24)15-10-6-5-9-14(15)17(21-22)18(23)20-12-13-8-4-7-11-16(13)25-2/h4-11H,3,12H2,1-2H3,(H,20,23). The minimum Gasteiger partial charge on any atom is -0.496 e. The van der Waals surface area contributed by atoms with Gasteiger partial charge in [-0.2, -0.15) is 5.10 Å². The number of ether oxygens (including phenoxy) is 1. The Bertz CT molecular complexity index is 979. The highest BCUT2D eigenvalue weighted by molar-refractivity contribution is 6.04. The lowest BCUT2D eigenvalue weighted by molar-refractivity contribution is 0.0945. The van der Waals surface area contributed by atoms with Crippen molar-refractivity contribution >= 4 is 16.7 Å². The molecule has 0 aliphatic carbocycles. The summed E-state index contributed by atoms with van der Waals surface area (Å²) in [6, 6.07) is 14.5. The third kappa shape index (κ3) is 3.24. The molecule has 3 aromatic rings. The van der Waals surface area contributed by atoms with Crippen molar-refractivity contribution < 1.29 is 9.53 Å². The van der Waals surface area contributed by atoms with Gasteiger partial charge in [-0.3, -0.25) is 9.59 Å². The van der Waals surface area contributed by atoms with Crippen LogP contribution >= 0.6 is 0 Å². The number of methoxy groups -OCH3 is 1. The zero-order valence-electron chi connectivity index (χ0n) is 14.2. The van der Waals surface area contributed by atoms with Gasteiger partial charge in [0.2, 0.25) is 0 Å². The Kier molecular flexibility index (Phi) is 4.79. The Labute approximate surface area is 145 Å². The van der Waals surface area contributed by atoms with Crippen molar-refractivity contribution in [2.45, 2.75) is 20.0 Å². The van der Waals surface area contributed by atoms with Crippen LogP contribution < -0.4 is 15.6 Å². The second kappa shape index (κ2) is 7.17. The number of hydrogen-bond acceptors (Lipinski definition) is 4. The van der Waals surface area contributed by atoms with Gasteiger partial charge in [-0.05, 0) is 19.1 Å². The summed E-state index contributed by atoms with van der Waals surface area (Å²) in [6.45, 7) is 2.53. The molecule has 1 aromatic heterocycles. The molecule has 0 saturated carbocycles. The second-order valence-electron chi connectivity index (χ2n) is 5.51. The molecule has 0 spiro atoms. The van der Waals surface area contributed by atoms with Crippen molar-refractivity contribution in [2.75, 3.05) is 7.11 Å². The summed E-state index contributed by atoms with van der Waals surface area (Å²) in [4.78, 5) is 25.0. The maximum Gasteiger partial charge on any atom is 0.274 e. The first kappa shape index (κ1) is 16.7. The molecule has 1 amide bonds. The predicted molar refractivity (Wildman–Crippen MR) is 95.8 cm³/mol. The van der Waals surface area contributed by atoms with Crippen LogP contribution in [-0.2, 0) is 13.1 Å². The maximum absolute atomic E-state index is 12.7. The average Bonchev–Trinajstić information content (AvgIpc) is 2.67. The predicted octanol–water partition coefficient (Wildman–Crippen LogP) is 2.35. The van der Waals surface area contributed by atoms with Gasteiger partial charge < -0.3 is 10.1 Å². The van der Waals surface area contributed by atoms with Crippen LogP contribution in [0.2, 0.25) is 0 Å². The summed E-state index contributed by atoms with van der Waals surface area (Å²) < 4.78 is 6.60. The van der Waals surface area contributed by atoms with E-state index in [4.69, 9.17) is 4.74 Å². The maximum atomic E-state index is 12.7. The molecule has 25 heavy (non-hydrogen) atoms. The van der Waals surface area contributed by atoms with Crippen molar-refractivity contribution in [2.24, 2.45) is 0 Å². The van der Waals surface area contributed by atoms with Crippen LogP contribution in [0.15, 0.2) is 53.3 Å². The van der Waals surface area contributed by atoms with E-state index in [0.29, 0.717) is 29.6 Å². The Morgan fingerprint density at radius 3 is 2.52 bits per heavy atom. The Morgan fingerprint density at radius 2 is 1.80 bits per heavy atom. The molecule has 1 heterocycles. The van der Waals surface area contributed by atoms with Gasteiger partial charge in [0, 0.05) is 24.0 Å². The molecule has 0 bridgehead atoms. The molecule has 0 saturated heterocycles. The average molecular weight is 337 g/mol. The van der Waals surface area contributed by atoms with Crippen LogP contribution in [0, 0.1) is 0 Å². The lowest BCUT2D eigenvalue weighted by Gasteiger charge is -2.11. The minimum atomic E-state index is -0.329. The van der Waals surface area contributed by atoms with E-state index >= 15 is 0 Å². The second-order valence-corrected chi connectivity index (χ2v) is 5.51. The zero-order chi connectivity index (χ0) is 17.8. The van der Waals surface area contributed by atoms with Crippen LogP contribution in [-0.4, -0.2) is 22.8 Å². The molecule has 0 aliphatic rings. The Balaban J connectivity index is 1.95. The van der Waals surface area contributed by atoms with Crippen LogP contribution in [0.3, 0.4) is 0 Å². The highest BCUT2D eigenvalue weighted by Crippen LogP contribution is 2.17. The van der Waals surface area contributed by atoms with Crippen molar-refractivity contribution in [1.82, 2.24) is 15.1 Å². The van der Waals surface area contributed by atoms with Gasteiger partial charge in [0.15, 0.2) is 5.69 Å². The molecule has 2 aromatic carbocycles. The smallest absolute Gasteiger partial charge is 0.274 e. The summed E-state index contributed by atoms with van der Waals surface area (Å²) in [5.41, 5.74) is 0.915. The van der Waals surface area contributed by atoms with Gasteiger partial charge in [0.1, 0.15) is 5.75 Å². The molecule has 1 N–H and O–H groups in total. The number of rotatable bonds is 5. The van der Waals surface area contributed by atoms with Crippen molar-refractivity contribution in [1.29, 1.82) is 0 Å². The van der Waals surface area contributed by atoms with Crippen LogP contribution in [0.4, 0.5) is 0 Å². The topological polar surface area (TPSA) is 73.2 Å². The number of aryl methyl sites for hydroxylation is 1. The highest BCUT2D eigenvalue weighted by atomic mass is 16.5. The van der Waals surface area contributed by atoms with E-state index in [0.717, 1.165) is 5.56 Å². The van der Waals surface area contributed by atoms with E-state index in [1.165, 1.54) is 4.68 Å². The number of fused-ring (bicyclic) bond motifs is 1. The monoisotopic (exact) mass is 337 g/mol. The third-order valence-corrected chi connectivity index (χ3v) is 4.01.